The van der Waals surface area contributed by atoms with Crippen LogP contribution in [0.5, 0.6) is 0 Å². The lowest BCUT2D eigenvalue weighted by atomic mass is 10.2. The molecule has 6 nitrogen and oxygen atoms in total. The van der Waals surface area contributed by atoms with E-state index in [1.807, 2.05) is 0 Å². The third kappa shape index (κ3) is 3.69. The minimum absolute atomic E-state index is 0.0606. The minimum atomic E-state index is -3.95. The zero-order chi connectivity index (χ0) is 21.6. The number of hydrogen-bond acceptors (Lipinski definition) is 4. The standard InChI is InChI=1S/C19H16Cl2FN3O3S2/c1-24-16-13(20)8-9-14(21)17(16)29-19(24)23-18(26)15-3-2-10-25(15)30(27,28)12-6-4-11(22)5-7-12/h4-9,15H,2-3,10H2,1H3. The second kappa shape index (κ2) is 8.05. The van der Waals surface area contributed by atoms with Gasteiger partial charge in [0.05, 0.1) is 25.2 Å². The Morgan fingerprint density at radius 2 is 1.83 bits per heavy atom. The van der Waals surface area contributed by atoms with Crippen molar-refractivity contribution in [3.63, 3.8) is 0 Å². The molecule has 0 N–H and O–H groups in total. The number of sulfonamides is 1. The lowest BCUT2D eigenvalue weighted by Crippen LogP contribution is -2.40. The van der Waals surface area contributed by atoms with Gasteiger partial charge in [-0.25, -0.2) is 12.8 Å². The van der Waals surface area contributed by atoms with E-state index in [9.17, 15) is 17.6 Å². The van der Waals surface area contributed by atoms with Crippen LogP contribution in [0.15, 0.2) is 46.3 Å². The van der Waals surface area contributed by atoms with Crippen molar-refractivity contribution in [3.05, 3.63) is 57.1 Å². The summed E-state index contributed by atoms with van der Waals surface area (Å²) < 4.78 is 42.6. The van der Waals surface area contributed by atoms with Crippen LogP contribution in [0.3, 0.4) is 0 Å². The van der Waals surface area contributed by atoms with Crippen LogP contribution in [-0.2, 0) is 21.9 Å². The third-order valence-corrected chi connectivity index (χ3v) is 8.78. The average molecular weight is 488 g/mol. The van der Waals surface area contributed by atoms with Gasteiger partial charge in [0.25, 0.3) is 5.91 Å². The molecule has 0 aliphatic carbocycles. The minimum Gasteiger partial charge on any atom is -0.318 e. The Bertz CT molecular complexity index is 1320. The monoisotopic (exact) mass is 487 g/mol. The van der Waals surface area contributed by atoms with Crippen LogP contribution in [0.4, 0.5) is 4.39 Å². The first-order valence-electron chi connectivity index (χ1n) is 8.99. The van der Waals surface area contributed by atoms with Crippen molar-refractivity contribution >= 4 is 60.7 Å². The summed E-state index contributed by atoms with van der Waals surface area (Å²) in [6, 6.07) is 6.95. The molecule has 0 bridgehead atoms. The molecule has 0 saturated carbocycles. The quantitative estimate of drug-likeness (QED) is 0.560. The number of rotatable bonds is 3. The summed E-state index contributed by atoms with van der Waals surface area (Å²) in [4.78, 5) is 17.5. The van der Waals surface area contributed by atoms with Crippen LogP contribution in [-0.4, -0.2) is 35.8 Å². The second-order valence-corrected chi connectivity index (χ2v) is 10.5. The predicted octanol–water partition coefficient (Wildman–Crippen LogP) is 3.97. The van der Waals surface area contributed by atoms with E-state index in [1.54, 1.807) is 23.7 Å². The number of carbonyl (C=O) groups excluding carboxylic acids is 1. The maximum atomic E-state index is 13.2. The van der Waals surface area contributed by atoms with E-state index >= 15 is 0 Å². The maximum absolute atomic E-state index is 13.2. The largest absolute Gasteiger partial charge is 0.318 e. The molecule has 1 saturated heterocycles. The van der Waals surface area contributed by atoms with Gasteiger partial charge < -0.3 is 4.57 Å². The summed E-state index contributed by atoms with van der Waals surface area (Å²) in [5.74, 6) is -1.10. The van der Waals surface area contributed by atoms with Crippen molar-refractivity contribution in [3.8, 4) is 0 Å². The van der Waals surface area contributed by atoms with E-state index in [0.717, 1.165) is 16.4 Å². The van der Waals surface area contributed by atoms with Crippen molar-refractivity contribution < 1.29 is 17.6 Å². The molecule has 1 amide bonds. The Kier molecular flexibility index (Phi) is 5.75. The Hall–Kier alpha value is -1.78. The molecule has 11 heteroatoms. The van der Waals surface area contributed by atoms with E-state index in [1.165, 1.54) is 23.5 Å². The number of thiazole rings is 1. The first-order valence-corrected chi connectivity index (χ1v) is 12.0. The van der Waals surface area contributed by atoms with Gasteiger partial charge in [0.15, 0.2) is 4.80 Å². The molecule has 1 unspecified atom stereocenters. The Balaban J connectivity index is 1.72. The van der Waals surface area contributed by atoms with Gasteiger partial charge in [0, 0.05) is 13.6 Å². The molecule has 1 aliphatic rings. The number of benzene rings is 2. The number of amides is 1. The van der Waals surface area contributed by atoms with Crippen molar-refractivity contribution in [2.24, 2.45) is 12.0 Å². The highest BCUT2D eigenvalue weighted by Crippen LogP contribution is 2.31. The fraction of sp³-hybridized carbons (Fsp3) is 0.263. The first kappa shape index (κ1) is 21.5. The fourth-order valence-corrected chi connectivity index (χ4v) is 6.79. The Morgan fingerprint density at radius 3 is 2.50 bits per heavy atom. The normalized spacial score (nSPS) is 18.4. The SMILES string of the molecule is Cn1c(=NC(=O)C2CCCN2S(=O)(=O)c2ccc(F)cc2)sc2c(Cl)ccc(Cl)c21. The van der Waals surface area contributed by atoms with Crippen molar-refractivity contribution in [1.82, 2.24) is 8.87 Å². The van der Waals surface area contributed by atoms with Gasteiger partial charge in [-0.1, -0.05) is 34.5 Å². The number of fused-ring (bicyclic) bond motifs is 1. The smallest absolute Gasteiger partial charge is 0.266 e. The average Bonchev–Trinajstić information content (AvgIpc) is 3.32. The Labute approximate surface area is 186 Å². The molecular weight excluding hydrogens is 472 g/mol. The molecule has 1 atom stereocenters. The van der Waals surface area contributed by atoms with Crippen molar-refractivity contribution in [2.75, 3.05) is 6.54 Å². The maximum Gasteiger partial charge on any atom is 0.266 e. The highest BCUT2D eigenvalue weighted by Gasteiger charge is 2.39. The van der Waals surface area contributed by atoms with Crippen LogP contribution >= 0.6 is 34.5 Å². The van der Waals surface area contributed by atoms with E-state index in [0.29, 0.717) is 37.9 Å². The van der Waals surface area contributed by atoms with E-state index in [-0.39, 0.29) is 11.4 Å². The number of aryl methyl sites for hydroxylation is 1. The topological polar surface area (TPSA) is 71.7 Å². The highest BCUT2D eigenvalue weighted by molar-refractivity contribution is 7.89. The molecule has 0 spiro atoms. The van der Waals surface area contributed by atoms with Gasteiger partial charge in [-0.05, 0) is 49.2 Å². The van der Waals surface area contributed by atoms with Gasteiger partial charge in [0.2, 0.25) is 10.0 Å². The molecule has 2 heterocycles. The Morgan fingerprint density at radius 1 is 1.17 bits per heavy atom. The van der Waals surface area contributed by atoms with Crippen molar-refractivity contribution in [2.45, 2.75) is 23.8 Å². The summed E-state index contributed by atoms with van der Waals surface area (Å²) in [6.45, 7) is 0.196. The predicted molar refractivity (Wildman–Crippen MR) is 115 cm³/mol. The molecule has 30 heavy (non-hydrogen) atoms. The van der Waals surface area contributed by atoms with E-state index in [2.05, 4.69) is 4.99 Å². The van der Waals surface area contributed by atoms with Crippen LogP contribution in [0, 0.1) is 5.82 Å². The lowest BCUT2D eigenvalue weighted by Gasteiger charge is -2.21. The summed E-state index contributed by atoms with van der Waals surface area (Å²) >= 11 is 13.7. The second-order valence-electron chi connectivity index (χ2n) is 6.83. The third-order valence-electron chi connectivity index (χ3n) is 4.96. The summed E-state index contributed by atoms with van der Waals surface area (Å²) in [5, 5.41) is 0.966. The molecule has 3 aromatic rings. The van der Waals surface area contributed by atoms with Gasteiger partial charge in [0.1, 0.15) is 11.9 Å². The van der Waals surface area contributed by atoms with Gasteiger partial charge >= 0.3 is 0 Å². The number of hydrogen-bond donors (Lipinski definition) is 0. The molecule has 1 aliphatic heterocycles. The van der Waals surface area contributed by atoms with E-state index < -0.39 is 27.8 Å². The molecule has 158 valence electrons. The van der Waals surface area contributed by atoms with Gasteiger partial charge in [-0.2, -0.15) is 9.30 Å². The highest BCUT2D eigenvalue weighted by atomic mass is 35.5. The number of nitrogens with zero attached hydrogens (tertiary/aromatic N) is 3. The van der Waals surface area contributed by atoms with Crippen LogP contribution < -0.4 is 4.80 Å². The molecule has 4 rings (SSSR count). The number of aromatic nitrogens is 1. The van der Waals surface area contributed by atoms with Gasteiger partial charge in [-0.3, -0.25) is 4.79 Å². The molecule has 1 fully saturated rings. The van der Waals surface area contributed by atoms with Crippen LogP contribution in [0.25, 0.3) is 10.2 Å². The summed E-state index contributed by atoms with van der Waals surface area (Å²) in [7, 11) is -2.23. The number of carbonyl (C=O) groups is 1. The first-order chi connectivity index (χ1) is 14.2. The molecule has 2 aromatic carbocycles. The number of halogens is 3. The zero-order valence-corrected chi connectivity index (χ0v) is 18.8. The summed E-state index contributed by atoms with van der Waals surface area (Å²) in [6.07, 6.45) is 0.890. The molecular formula is C19H16Cl2FN3O3S2. The fourth-order valence-electron chi connectivity index (χ4n) is 3.47. The molecule has 0 radical (unpaired) electrons. The molecule has 1 aromatic heterocycles. The van der Waals surface area contributed by atoms with Crippen LogP contribution in [0.1, 0.15) is 12.8 Å². The van der Waals surface area contributed by atoms with Gasteiger partial charge in [-0.15, -0.1) is 0 Å². The van der Waals surface area contributed by atoms with E-state index in [4.69, 9.17) is 23.2 Å². The lowest BCUT2D eigenvalue weighted by molar-refractivity contribution is -0.121. The van der Waals surface area contributed by atoms with Crippen LogP contribution in [0.2, 0.25) is 10.0 Å². The van der Waals surface area contributed by atoms with Crippen molar-refractivity contribution in [1.29, 1.82) is 0 Å². The summed E-state index contributed by atoms with van der Waals surface area (Å²) in [5.41, 5.74) is 0.655. The zero-order valence-electron chi connectivity index (χ0n) is 15.7.